The van der Waals surface area contributed by atoms with Gasteiger partial charge < -0.3 is 19.4 Å². The summed E-state index contributed by atoms with van der Waals surface area (Å²) >= 11 is 0. The fourth-order valence-corrected chi connectivity index (χ4v) is 4.37. The van der Waals surface area contributed by atoms with Crippen molar-refractivity contribution < 1.29 is 9.47 Å². The first-order valence-corrected chi connectivity index (χ1v) is 12.0. The van der Waals surface area contributed by atoms with Crippen molar-refractivity contribution in [2.75, 3.05) is 45.9 Å². The van der Waals surface area contributed by atoms with Gasteiger partial charge in [0, 0.05) is 61.8 Å². The number of para-hydroxylation sites is 1. The van der Waals surface area contributed by atoms with Gasteiger partial charge in [-0.1, -0.05) is 25.1 Å². The molecule has 1 N–H and O–H groups in total. The molecule has 0 saturated carbocycles. The van der Waals surface area contributed by atoms with Crippen LogP contribution in [0.1, 0.15) is 30.9 Å². The topological polar surface area (TPSA) is 57.8 Å². The maximum Gasteiger partial charge on any atom is 0.248 e. The molecule has 0 atom stereocenters. The Bertz CT molecular complexity index is 1100. The van der Waals surface area contributed by atoms with Crippen molar-refractivity contribution in [2.45, 2.75) is 33.2 Å². The molecule has 2 aromatic carbocycles. The van der Waals surface area contributed by atoms with Crippen molar-refractivity contribution in [3.05, 3.63) is 70.0 Å². The Kier molecular flexibility index (Phi) is 8.02. The van der Waals surface area contributed by atoms with Gasteiger partial charge in [-0.25, -0.2) is 0 Å². The number of aromatic amines is 1. The molecule has 0 amide bonds. The predicted molar refractivity (Wildman–Crippen MR) is 133 cm³/mol. The number of nitrogens with zero attached hydrogens (tertiary/aromatic N) is 2. The predicted octanol–water partition coefficient (Wildman–Crippen LogP) is 4.21. The first-order valence-electron chi connectivity index (χ1n) is 12.0. The number of H-pyrrole nitrogens is 1. The van der Waals surface area contributed by atoms with Crippen LogP contribution in [-0.2, 0) is 6.54 Å². The first-order chi connectivity index (χ1) is 16.1. The van der Waals surface area contributed by atoms with Gasteiger partial charge in [-0.15, -0.1) is 0 Å². The van der Waals surface area contributed by atoms with Gasteiger partial charge in [-0.2, -0.15) is 0 Å². The number of fused-ring (bicyclic) bond motifs is 1. The van der Waals surface area contributed by atoms with Crippen molar-refractivity contribution in [2.24, 2.45) is 0 Å². The first kappa shape index (κ1) is 23.3. The number of hydrogen-bond donors (Lipinski definition) is 1. The van der Waals surface area contributed by atoms with E-state index in [-0.39, 0.29) is 5.56 Å². The smallest absolute Gasteiger partial charge is 0.248 e. The van der Waals surface area contributed by atoms with E-state index in [2.05, 4.69) is 39.9 Å². The van der Waals surface area contributed by atoms with Crippen LogP contribution < -0.4 is 15.0 Å². The summed E-state index contributed by atoms with van der Waals surface area (Å²) in [5, 5.41) is 1.03. The molecule has 0 spiro atoms. The summed E-state index contributed by atoms with van der Waals surface area (Å²) in [6.07, 6.45) is 2.02. The molecule has 3 aromatic rings. The van der Waals surface area contributed by atoms with Gasteiger partial charge in [0.1, 0.15) is 11.5 Å². The van der Waals surface area contributed by atoms with Crippen molar-refractivity contribution in [3.63, 3.8) is 0 Å². The van der Waals surface area contributed by atoms with Crippen LogP contribution in [0.3, 0.4) is 0 Å². The number of aromatic nitrogens is 1. The molecule has 1 aromatic heterocycles. The van der Waals surface area contributed by atoms with E-state index in [1.807, 2.05) is 31.2 Å². The van der Waals surface area contributed by atoms with Crippen molar-refractivity contribution >= 4 is 10.9 Å². The Balaban J connectivity index is 1.19. The number of nitrogens with one attached hydrogen (secondary N) is 1. The van der Waals surface area contributed by atoms with Gasteiger partial charge in [-0.3, -0.25) is 9.69 Å². The zero-order valence-electron chi connectivity index (χ0n) is 19.8. The van der Waals surface area contributed by atoms with Crippen molar-refractivity contribution in [1.29, 1.82) is 0 Å². The van der Waals surface area contributed by atoms with Gasteiger partial charge in [0.25, 0.3) is 0 Å². The average Bonchev–Trinajstić information content (AvgIpc) is 2.82. The number of pyridine rings is 1. The zero-order chi connectivity index (χ0) is 23.0. The minimum atomic E-state index is -0.0669. The molecule has 1 fully saturated rings. The molecule has 176 valence electrons. The molecule has 33 heavy (non-hydrogen) atoms. The second kappa shape index (κ2) is 11.3. The lowest BCUT2D eigenvalue weighted by Gasteiger charge is -2.35. The SMILES string of the molecule is CCCOc1ccccc1CN1CCN(CCCOc2ccc3[nH]c(=O)cc(C)c3c2)CC1. The minimum Gasteiger partial charge on any atom is -0.494 e. The maximum absolute atomic E-state index is 11.6. The molecular formula is C27H35N3O3. The summed E-state index contributed by atoms with van der Waals surface area (Å²) in [4.78, 5) is 19.5. The quantitative estimate of drug-likeness (QED) is 0.470. The van der Waals surface area contributed by atoms with Crippen LogP contribution in [-0.4, -0.2) is 60.7 Å². The van der Waals surface area contributed by atoms with E-state index >= 15 is 0 Å². The Morgan fingerprint density at radius 1 is 0.939 bits per heavy atom. The van der Waals surface area contributed by atoms with Crippen LogP contribution in [0.2, 0.25) is 0 Å². The van der Waals surface area contributed by atoms with Gasteiger partial charge in [-0.05, 0) is 49.6 Å². The highest BCUT2D eigenvalue weighted by molar-refractivity contribution is 5.83. The van der Waals surface area contributed by atoms with Crippen LogP contribution >= 0.6 is 0 Å². The molecular weight excluding hydrogens is 414 g/mol. The summed E-state index contributed by atoms with van der Waals surface area (Å²) in [5.74, 6) is 1.88. The lowest BCUT2D eigenvalue weighted by atomic mass is 10.1. The van der Waals surface area contributed by atoms with Crippen molar-refractivity contribution in [3.8, 4) is 11.5 Å². The Morgan fingerprint density at radius 3 is 2.55 bits per heavy atom. The van der Waals surface area contributed by atoms with E-state index in [9.17, 15) is 4.79 Å². The van der Waals surface area contributed by atoms with E-state index in [1.165, 1.54) is 5.56 Å². The minimum absolute atomic E-state index is 0.0669. The number of hydrogen-bond acceptors (Lipinski definition) is 5. The van der Waals surface area contributed by atoms with Gasteiger partial charge in [0.05, 0.1) is 13.2 Å². The summed E-state index contributed by atoms with van der Waals surface area (Å²) in [7, 11) is 0. The number of benzene rings is 2. The highest BCUT2D eigenvalue weighted by Crippen LogP contribution is 2.22. The van der Waals surface area contributed by atoms with Crippen LogP contribution in [0.15, 0.2) is 53.3 Å². The third-order valence-corrected chi connectivity index (χ3v) is 6.20. The standard InChI is InChI=1S/C27H35N3O3/c1-3-16-33-26-8-5-4-7-22(26)20-30-14-12-29(13-15-30)11-6-17-32-23-9-10-25-24(19-23)21(2)18-27(31)28-25/h4-5,7-10,18-19H,3,6,11-17,20H2,1-2H3,(H,28,31). The van der Waals surface area contributed by atoms with E-state index < -0.39 is 0 Å². The average molecular weight is 450 g/mol. The fourth-order valence-electron chi connectivity index (χ4n) is 4.37. The lowest BCUT2D eigenvalue weighted by molar-refractivity contribution is 0.120. The normalized spacial score (nSPS) is 15.1. The third-order valence-electron chi connectivity index (χ3n) is 6.20. The van der Waals surface area contributed by atoms with Gasteiger partial charge in [0.2, 0.25) is 5.56 Å². The summed E-state index contributed by atoms with van der Waals surface area (Å²) in [6.45, 7) is 11.9. The van der Waals surface area contributed by atoms with E-state index in [1.54, 1.807) is 6.07 Å². The molecule has 2 heterocycles. The van der Waals surface area contributed by atoms with Crippen molar-refractivity contribution in [1.82, 2.24) is 14.8 Å². The molecule has 6 nitrogen and oxygen atoms in total. The molecule has 6 heteroatoms. The highest BCUT2D eigenvalue weighted by Gasteiger charge is 2.18. The number of piperazine rings is 1. The summed E-state index contributed by atoms with van der Waals surface area (Å²) in [5.41, 5.74) is 3.03. The molecule has 0 aliphatic carbocycles. The van der Waals surface area contributed by atoms with E-state index in [0.29, 0.717) is 6.61 Å². The van der Waals surface area contributed by atoms with Gasteiger partial charge >= 0.3 is 0 Å². The van der Waals surface area contributed by atoms with Gasteiger partial charge in [0.15, 0.2) is 0 Å². The lowest BCUT2D eigenvalue weighted by Crippen LogP contribution is -2.46. The molecule has 1 aliphatic rings. The van der Waals surface area contributed by atoms with Crippen LogP contribution in [0.5, 0.6) is 11.5 Å². The number of ether oxygens (including phenoxy) is 2. The molecule has 1 aliphatic heterocycles. The number of aryl methyl sites for hydroxylation is 1. The molecule has 0 radical (unpaired) electrons. The van der Waals surface area contributed by atoms with E-state index in [0.717, 1.165) is 86.7 Å². The zero-order valence-corrected chi connectivity index (χ0v) is 19.8. The van der Waals surface area contributed by atoms with Crippen LogP contribution in [0.4, 0.5) is 0 Å². The third kappa shape index (κ3) is 6.36. The van der Waals surface area contributed by atoms with Crippen LogP contribution in [0.25, 0.3) is 10.9 Å². The maximum atomic E-state index is 11.6. The molecule has 1 saturated heterocycles. The monoisotopic (exact) mass is 449 g/mol. The second-order valence-electron chi connectivity index (χ2n) is 8.80. The molecule has 0 unspecified atom stereocenters. The Labute approximate surface area is 196 Å². The molecule has 4 rings (SSSR count). The number of rotatable bonds is 10. The van der Waals surface area contributed by atoms with E-state index in [4.69, 9.17) is 9.47 Å². The summed E-state index contributed by atoms with van der Waals surface area (Å²) in [6, 6.07) is 15.9. The Morgan fingerprint density at radius 2 is 1.73 bits per heavy atom. The second-order valence-corrected chi connectivity index (χ2v) is 8.80. The largest absolute Gasteiger partial charge is 0.494 e. The Hall–Kier alpha value is -2.83. The highest BCUT2D eigenvalue weighted by atomic mass is 16.5. The summed E-state index contributed by atoms with van der Waals surface area (Å²) < 4.78 is 11.9. The molecule has 0 bridgehead atoms. The fraction of sp³-hybridized carbons (Fsp3) is 0.444. The van der Waals surface area contributed by atoms with Crippen LogP contribution in [0, 0.1) is 6.92 Å².